The molecule has 0 saturated heterocycles. The predicted molar refractivity (Wildman–Crippen MR) is 285 cm³/mol. The minimum absolute atomic E-state index is 0.0791. The number of rotatable bonds is 6. The second kappa shape index (κ2) is 13.4. The quantitative estimate of drug-likeness (QED) is 0.168. The Labute approximate surface area is 405 Å². The maximum absolute atomic E-state index is 14.6. The molecule has 0 amide bonds. The Bertz CT molecular complexity index is 4790. The van der Waals surface area contributed by atoms with E-state index in [-0.39, 0.29) is 28.3 Å². The van der Waals surface area contributed by atoms with Crippen LogP contribution in [0.5, 0.6) is 11.8 Å². The topological polar surface area (TPSA) is 144 Å². The normalized spacial score (nSPS) is 13.6. The van der Waals surface area contributed by atoms with E-state index in [0.717, 1.165) is 84.5 Å². The van der Waals surface area contributed by atoms with E-state index in [1.54, 1.807) is 14.9 Å². The van der Waals surface area contributed by atoms with Crippen molar-refractivity contribution in [3.8, 4) is 11.8 Å². The molecule has 8 heterocycles. The molecule has 0 fully saturated rings. The highest BCUT2D eigenvalue weighted by Crippen LogP contribution is 2.51. The third-order valence-corrected chi connectivity index (χ3v) is 16.9. The SMILES string of the molecule is CCC(CC)(c1ccc2nc3c4cc5c(O)n6c7cc(C(C)(C)C)ccc7nc6c5cc4c(O)n3c2c1)C(C)(C)c1ccc2nc3c4cc5c(cc4c(=O)n3c2c1)c(=O)n1c2cc(C(C)C)ccc2nc51. The van der Waals surface area contributed by atoms with Gasteiger partial charge in [0.1, 0.15) is 22.6 Å². The van der Waals surface area contributed by atoms with Crippen molar-refractivity contribution in [2.45, 2.75) is 97.3 Å². The molecule has 0 unspecified atom stereocenters. The van der Waals surface area contributed by atoms with Crippen LogP contribution in [0.2, 0.25) is 0 Å². The van der Waals surface area contributed by atoms with E-state index in [0.29, 0.717) is 66.3 Å². The molecule has 0 aliphatic carbocycles. The highest BCUT2D eigenvalue weighted by molar-refractivity contribution is 6.16. The Balaban J connectivity index is 0.896. The van der Waals surface area contributed by atoms with Crippen molar-refractivity contribution in [1.29, 1.82) is 0 Å². The number of fused-ring (bicyclic) bond motifs is 20. The number of benzene rings is 6. The number of aromatic hydroxyl groups is 2. The van der Waals surface area contributed by atoms with Crippen LogP contribution in [0.3, 0.4) is 0 Å². The summed E-state index contributed by atoms with van der Waals surface area (Å²) in [5.41, 5.74) is 11.6. The molecule has 14 rings (SSSR count). The number of nitrogens with zero attached hydrogens (tertiary/aromatic N) is 8. The van der Waals surface area contributed by atoms with Crippen molar-refractivity contribution in [3.63, 3.8) is 0 Å². The zero-order valence-electron chi connectivity index (χ0n) is 41.0. The second-order valence-corrected chi connectivity index (χ2v) is 21.9. The standard InChI is InChI=1S/C59H50N8O4/c1-10-59(11-2,32-15-19-44-48(23-32)67-52(63-44)36-26-37-35(25-38(36)54(67)69)51-61-42-17-13-30(57(5,6)7)21-46(42)65(51)53(37)68)58(8,9)31-14-18-43-47(22-31)66-50(62-43)34-24-33-39(27-40(34)56(66)71)55(70)64-45-20-29(28(3)4)12-16-41(45)60-49(33)64/h12-28,68-69H,10-11H2,1-9H3. The van der Waals surface area contributed by atoms with Gasteiger partial charge in [0, 0.05) is 37.7 Å². The fourth-order valence-corrected chi connectivity index (χ4v) is 12.7. The lowest BCUT2D eigenvalue weighted by atomic mass is 9.56. The first-order chi connectivity index (χ1) is 33.9. The average Bonchev–Trinajstić information content (AvgIpc) is 4.23. The van der Waals surface area contributed by atoms with Crippen LogP contribution >= 0.6 is 0 Å². The fraction of sp³-hybridized carbons (Fsp3) is 0.254. The van der Waals surface area contributed by atoms with Crippen LogP contribution in [0.25, 0.3) is 110 Å². The van der Waals surface area contributed by atoms with Gasteiger partial charge in [0.25, 0.3) is 11.1 Å². The fourth-order valence-electron chi connectivity index (χ4n) is 12.7. The third-order valence-electron chi connectivity index (χ3n) is 16.9. The van der Waals surface area contributed by atoms with E-state index >= 15 is 0 Å². The van der Waals surface area contributed by atoms with Gasteiger partial charge in [-0.2, -0.15) is 0 Å². The minimum Gasteiger partial charge on any atom is -0.494 e. The van der Waals surface area contributed by atoms with Crippen molar-refractivity contribution in [2.24, 2.45) is 0 Å². The molecular formula is C59H50N8O4. The Morgan fingerprint density at radius 3 is 1.30 bits per heavy atom. The first-order valence-corrected chi connectivity index (χ1v) is 24.7. The number of aromatic nitrogens is 8. The van der Waals surface area contributed by atoms with Crippen molar-refractivity contribution in [3.05, 3.63) is 140 Å². The maximum atomic E-state index is 14.6. The zero-order valence-corrected chi connectivity index (χ0v) is 41.0. The summed E-state index contributed by atoms with van der Waals surface area (Å²) in [5, 5.41) is 29.1. The molecular weight excluding hydrogens is 885 g/mol. The molecule has 0 radical (unpaired) electrons. The zero-order chi connectivity index (χ0) is 49.1. The van der Waals surface area contributed by atoms with Crippen LogP contribution in [-0.4, -0.2) is 47.8 Å². The van der Waals surface area contributed by atoms with Crippen molar-refractivity contribution >= 4 is 110 Å². The predicted octanol–water partition coefficient (Wildman–Crippen LogP) is 12.4. The van der Waals surface area contributed by atoms with Gasteiger partial charge in [0.2, 0.25) is 11.8 Å². The largest absolute Gasteiger partial charge is 0.494 e. The molecule has 6 aromatic carbocycles. The van der Waals surface area contributed by atoms with Gasteiger partial charge in [-0.25, -0.2) is 19.9 Å². The van der Waals surface area contributed by atoms with Gasteiger partial charge in [0.15, 0.2) is 0 Å². The van der Waals surface area contributed by atoms with E-state index in [2.05, 4.69) is 105 Å². The molecule has 0 spiro atoms. The maximum Gasteiger partial charge on any atom is 0.264 e. The molecule has 0 bridgehead atoms. The molecule has 12 nitrogen and oxygen atoms in total. The monoisotopic (exact) mass is 934 g/mol. The molecule has 350 valence electrons. The highest BCUT2D eigenvalue weighted by Gasteiger charge is 2.45. The van der Waals surface area contributed by atoms with E-state index in [1.165, 1.54) is 0 Å². The summed E-state index contributed by atoms with van der Waals surface area (Å²) < 4.78 is 7.05. The summed E-state index contributed by atoms with van der Waals surface area (Å²) in [6.07, 6.45) is 1.60. The van der Waals surface area contributed by atoms with Gasteiger partial charge in [-0.15, -0.1) is 0 Å². The Morgan fingerprint density at radius 1 is 0.451 bits per heavy atom. The van der Waals surface area contributed by atoms with Gasteiger partial charge in [-0.1, -0.05) is 86.6 Å². The smallest absolute Gasteiger partial charge is 0.264 e. The molecule has 0 atom stereocenters. The first-order valence-electron chi connectivity index (χ1n) is 24.7. The van der Waals surface area contributed by atoms with E-state index in [1.807, 2.05) is 57.3 Å². The van der Waals surface area contributed by atoms with Crippen molar-refractivity contribution in [1.82, 2.24) is 37.5 Å². The average molecular weight is 935 g/mol. The third kappa shape index (κ3) is 5.09. The first kappa shape index (κ1) is 41.8. The molecule has 0 saturated carbocycles. The lowest BCUT2D eigenvalue weighted by Gasteiger charge is -2.47. The van der Waals surface area contributed by atoms with E-state index in [4.69, 9.17) is 19.9 Å². The lowest BCUT2D eigenvalue weighted by Crippen LogP contribution is -2.44. The summed E-state index contributed by atoms with van der Waals surface area (Å²) in [7, 11) is 0. The van der Waals surface area contributed by atoms with Gasteiger partial charge >= 0.3 is 0 Å². The van der Waals surface area contributed by atoms with E-state index < -0.39 is 10.8 Å². The highest BCUT2D eigenvalue weighted by atomic mass is 16.3. The van der Waals surface area contributed by atoms with Gasteiger partial charge in [-0.3, -0.25) is 27.2 Å². The molecule has 12 heteroatoms. The van der Waals surface area contributed by atoms with E-state index in [9.17, 15) is 19.8 Å². The molecule has 71 heavy (non-hydrogen) atoms. The summed E-state index contributed by atoms with van der Waals surface area (Å²) in [5.74, 6) is 0.484. The summed E-state index contributed by atoms with van der Waals surface area (Å²) in [6, 6.07) is 32.5. The van der Waals surface area contributed by atoms with Crippen LogP contribution in [-0.2, 0) is 16.2 Å². The summed E-state index contributed by atoms with van der Waals surface area (Å²) in [6.45, 7) is 19.8. The van der Waals surface area contributed by atoms with Gasteiger partial charge in [-0.05, 0) is 125 Å². The molecule has 14 aromatic rings. The Kier molecular flexibility index (Phi) is 7.89. The summed E-state index contributed by atoms with van der Waals surface area (Å²) in [4.78, 5) is 48.7. The second-order valence-electron chi connectivity index (χ2n) is 21.9. The van der Waals surface area contributed by atoms with Crippen molar-refractivity contribution < 1.29 is 10.2 Å². The minimum atomic E-state index is -0.477. The number of hydrogen-bond acceptors (Lipinski definition) is 8. The van der Waals surface area contributed by atoms with Crippen LogP contribution in [0.1, 0.15) is 103 Å². The molecule has 0 aliphatic rings. The van der Waals surface area contributed by atoms with Crippen LogP contribution < -0.4 is 11.1 Å². The Morgan fingerprint density at radius 2 is 0.817 bits per heavy atom. The summed E-state index contributed by atoms with van der Waals surface area (Å²) >= 11 is 0. The van der Waals surface area contributed by atoms with Gasteiger partial charge in [0.05, 0.1) is 54.9 Å². The molecule has 2 N–H and O–H groups in total. The number of imidazole rings is 4. The Hall–Kier alpha value is -8.12. The lowest BCUT2D eigenvalue weighted by molar-refractivity contribution is 0.232. The van der Waals surface area contributed by atoms with Crippen molar-refractivity contribution in [2.75, 3.05) is 0 Å². The number of hydrogen-bond donors (Lipinski definition) is 2. The van der Waals surface area contributed by atoms with Crippen LogP contribution in [0.15, 0.2) is 107 Å². The van der Waals surface area contributed by atoms with Crippen LogP contribution in [0.4, 0.5) is 0 Å². The van der Waals surface area contributed by atoms with Gasteiger partial charge < -0.3 is 10.2 Å². The molecule has 8 aromatic heterocycles. The molecule has 0 aliphatic heterocycles. The van der Waals surface area contributed by atoms with Crippen LogP contribution in [0, 0.1) is 0 Å².